The van der Waals surface area contributed by atoms with Crippen molar-refractivity contribution in [3.63, 3.8) is 0 Å². The number of hydrogen-bond acceptors (Lipinski definition) is 1. The zero-order valence-electron chi connectivity index (χ0n) is 15.5. The van der Waals surface area contributed by atoms with E-state index in [0.29, 0.717) is 5.78 Å². The summed E-state index contributed by atoms with van der Waals surface area (Å²) in [5, 5.41) is 2.80. The molecule has 0 aliphatic heterocycles. The molecular weight excluding hydrogens is 311 g/mol. The Hall–Kier alpha value is -1.46. The van der Waals surface area contributed by atoms with Gasteiger partial charge in [0.1, 0.15) is 5.78 Å². The number of ketones is 1. The van der Waals surface area contributed by atoms with Gasteiger partial charge < -0.3 is 0 Å². The molecule has 0 fully saturated rings. The minimum absolute atomic E-state index is 0.0362. The quantitative estimate of drug-likeness (QED) is 0.626. The van der Waals surface area contributed by atoms with Gasteiger partial charge in [-0.3, -0.25) is 4.79 Å². The fourth-order valence-electron chi connectivity index (χ4n) is 3.53. The fourth-order valence-corrected chi connectivity index (χ4v) is 6.68. The molecule has 2 heteroatoms. The van der Waals surface area contributed by atoms with E-state index in [-0.39, 0.29) is 10.6 Å². The molecule has 2 aromatic rings. The molecule has 0 aliphatic carbocycles. The molecule has 0 amide bonds. The van der Waals surface area contributed by atoms with Crippen LogP contribution in [0.1, 0.15) is 47.5 Å². The summed E-state index contributed by atoms with van der Waals surface area (Å²) in [5.41, 5.74) is -0.256. The first-order valence-corrected chi connectivity index (χ1v) is 10.1. The lowest BCUT2D eigenvalue weighted by Gasteiger charge is -2.41. The Kier molecular flexibility index (Phi) is 5.99. The lowest BCUT2D eigenvalue weighted by atomic mass is 9.76. The van der Waals surface area contributed by atoms with E-state index in [1.165, 1.54) is 10.6 Å². The summed E-state index contributed by atoms with van der Waals surface area (Å²) in [6, 6.07) is 21.5. The molecule has 2 rings (SSSR count). The van der Waals surface area contributed by atoms with Crippen molar-refractivity contribution in [3.05, 3.63) is 60.7 Å². The first kappa shape index (κ1) is 18.9. The van der Waals surface area contributed by atoms with Crippen LogP contribution in [0.2, 0.25) is 0 Å². The summed E-state index contributed by atoms with van der Waals surface area (Å²) in [6.45, 7) is 10.7. The molecule has 0 saturated heterocycles. The molecule has 0 spiro atoms. The van der Waals surface area contributed by atoms with Crippen LogP contribution in [0.25, 0.3) is 0 Å². The Labute approximate surface area is 148 Å². The van der Waals surface area contributed by atoms with Crippen molar-refractivity contribution >= 4 is 24.3 Å². The number of rotatable bonds is 7. The molecule has 1 unspecified atom stereocenters. The highest BCUT2D eigenvalue weighted by Crippen LogP contribution is 2.53. The molecule has 0 N–H and O–H groups in total. The zero-order chi connectivity index (χ0) is 17.8. The Morgan fingerprint density at radius 2 is 1.29 bits per heavy atom. The van der Waals surface area contributed by atoms with Gasteiger partial charge in [-0.05, 0) is 43.5 Å². The highest BCUT2D eigenvalue weighted by molar-refractivity contribution is 7.74. The van der Waals surface area contributed by atoms with Crippen LogP contribution in [0.15, 0.2) is 60.7 Å². The maximum atomic E-state index is 12.3. The van der Waals surface area contributed by atoms with Gasteiger partial charge in [-0.25, -0.2) is 0 Å². The second-order valence-electron chi connectivity index (χ2n) is 7.47. The van der Waals surface area contributed by atoms with Crippen molar-refractivity contribution in [1.82, 2.24) is 0 Å². The third-order valence-corrected chi connectivity index (χ3v) is 8.09. The molecule has 0 aliphatic rings. The smallest absolute Gasteiger partial charge is 0.135 e. The Morgan fingerprint density at radius 1 is 0.875 bits per heavy atom. The van der Waals surface area contributed by atoms with Gasteiger partial charge in [0, 0.05) is 5.41 Å². The van der Waals surface area contributed by atoms with Gasteiger partial charge in [0.25, 0.3) is 0 Å². The number of Topliss-reactive ketones (excluding diaryl/α,β-unsaturated/α-hetero) is 1. The number of carbonyl (C=O) groups excluding carboxylic acids is 1. The highest BCUT2D eigenvalue weighted by Gasteiger charge is 2.40. The van der Waals surface area contributed by atoms with Gasteiger partial charge in [-0.2, -0.15) is 0 Å². The predicted molar refractivity (Wildman–Crippen MR) is 107 cm³/mol. The number of benzene rings is 2. The van der Waals surface area contributed by atoms with Crippen molar-refractivity contribution in [2.24, 2.45) is 5.41 Å². The lowest BCUT2D eigenvalue weighted by Crippen LogP contribution is -2.38. The van der Waals surface area contributed by atoms with E-state index in [0.717, 1.165) is 12.8 Å². The first-order valence-electron chi connectivity index (χ1n) is 8.71. The van der Waals surface area contributed by atoms with E-state index in [1.54, 1.807) is 6.92 Å². The van der Waals surface area contributed by atoms with Crippen LogP contribution < -0.4 is 10.6 Å². The van der Waals surface area contributed by atoms with Gasteiger partial charge in [0.15, 0.2) is 0 Å². The number of hydrogen-bond donors (Lipinski definition) is 0. The van der Waals surface area contributed by atoms with E-state index in [9.17, 15) is 4.79 Å². The van der Waals surface area contributed by atoms with Crippen molar-refractivity contribution in [3.8, 4) is 0 Å². The van der Waals surface area contributed by atoms with Crippen LogP contribution >= 0.6 is 7.92 Å². The molecule has 1 nitrogen and oxygen atoms in total. The van der Waals surface area contributed by atoms with E-state index < -0.39 is 7.92 Å². The minimum atomic E-state index is -0.541. The van der Waals surface area contributed by atoms with Crippen molar-refractivity contribution in [1.29, 1.82) is 0 Å². The first-order chi connectivity index (χ1) is 11.3. The van der Waals surface area contributed by atoms with Gasteiger partial charge >= 0.3 is 0 Å². The molecule has 0 aromatic heterocycles. The van der Waals surface area contributed by atoms with Crippen LogP contribution in [-0.4, -0.2) is 10.9 Å². The van der Waals surface area contributed by atoms with Crippen molar-refractivity contribution in [2.45, 2.75) is 52.6 Å². The van der Waals surface area contributed by atoms with E-state index >= 15 is 0 Å². The Balaban J connectivity index is 2.48. The summed E-state index contributed by atoms with van der Waals surface area (Å²) in [6.07, 6.45) is 1.79. The van der Waals surface area contributed by atoms with E-state index in [1.807, 2.05) is 0 Å². The van der Waals surface area contributed by atoms with E-state index in [2.05, 4.69) is 88.4 Å². The molecule has 24 heavy (non-hydrogen) atoms. The average molecular weight is 340 g/mol. The SMILES string of the molecule is CCC(C)(CC(C)(C)P(c1ccccc1)c1ccccc1)C(C)=O. The van der Waals surface area contributed by atoms with Crippen molar-refractivity contribution in [2.75, 3.05) is 0 Å². The Morgan fingerprint density at radius 3 is 1.62 bits per heavy atom. The lowest BCUT2D eigenvalue weighted by molar-refractivity contribution is -0.126. The molecule has 0 saturated carbocycles. The van der Waals surface area contributed by atoms with E-state index in [4.69, 9.17) is 0 Å². The van der Waals surface area contributed by atoms with Gasteiger partial charge in [-0.15, -0.1) is 0 Å². The largest absolute Gasteiger partial charge is 0.299 e. The molecular formula is C22H29OP. The van der Waals surface area contributed by atoms with Gasteiger partial charge in [0.2, 0.25) is 0 Å². The van der Waals surface area contributed by atoms with Gasteiger partial charge in [-0.1, -0.05) is 88.4 Å². The highest BCUT2D eigenvalue weighted by atomic mass is 31.1. The maximum absolute atomic E-state index is 12.3. The summed E-state index contributed by atoms with van der Waals surface area (Å²) in [4.78, 5) is 12.3. The summed E-state index contributed by atoms with van der Waals surface area (Å²) in [7, 11) is -0.541. The predicted octanol–water partition coefficient (Wildman–Crippen LogP) is 5.29. The monoisotopic (exact) mass is 340 g/mol. The summed E-state index contributed by atoms with van der Waals surface area (Å²) in [5.74, 6) is 0.300. The molecule has 0 bridgehead atoms. The third-order valence-electron chi connectivity index (χ3n) is 5.09. The second kappa shape index (κ2) is 7.62. The molecule has 0 radical (unpaired) electrons. The standard InChI is InChI=1S/C22H29OP/c1-6-22(5,18(2)23)17-21(3,4)24(19-13-9-7-10-14-19)20-15-11-8-12-16-20/h7-16H,6,17H2,1-5H3. The normalized spacial score (nSPS) is 14.4. The second-order valence-corrected chi connectivity index (χ2v) is 10.4. The van der Waals surface area contributed by atoms with Crippen LogP contribution in [-0.2, 0) is 4.79 Å². The molecule has 1 atom stereocenters. The minimum Gasteiger partial charge on any atom is -0.299 e. The maximum Gasteiger partial charge on any atom is 0.135 e. The van der Waals surface area contributed by atoms with Crippen molar-refractivity contribution < 1.29 is 4.79 Å². The summed E-state index contributed by atoms with van der Waals surface area (Å²) >= 11 is 0. The summed E-state index contributed by atoms with van der Waals surface area (Å²) < 4.78 is 0. The average Bonchev–Trinajstić information content (AvgIpc) is 2.56. The van der Waals surface area contributed by atoms with Crippen LogP contribution in [0.3, 0.4) is 0 Å². The zero-order valence-corrected chi connectivity index (χ0v) is 16.4. The fraction of sp³-hybridized carbons (Fsp3) is 0.409. The Bertz CT molecular complexity index is 623. The van der Waals surface area contributed by atoms with Gasteiger partial charge in [0.05, 0.1) is 0 Å². The molecule has 128 valence electrons. The topological polar surface area (TPSA) is 17.1 Å². The van der Waals surface area contributed by atoms with Crippen LogP contribution in [0.5, 0.6) is 0 Å². The van der Waals surface area contributed by atoms with Crippen LogP contribution in [0, 0.1) is 5.41 Å². The molecule has 2 aromatic carbocycles. The third kappa shape index (κ3) is 4.14. The number of carbonyl (C=O) groups is 1. The van der Waals surface area contributed by atoms with Crippen LogP contribution in [0.4, 0.5) is 0 Å². The molecule has 0 heterocycles.